The lowest BCUT2D eigenvalue weighted by Gasteiger charge is -2.28. The lowest BCUT2D eigenvalue weighted by Crippen LogP contribution is -2.36. The van der Waals surface area contributed by atoms with Gasteiger partial charge in [-0.2, -0.15) is 0 Å². The Morgan fingerprint density at radius 3 is 2.29 bits per heavy atom. The number of hydrogen-bond donors (Lipinski definition) is 2. The number of rotatable bonds is 6. The zero-order valence-electron chi connectivity index (χ0n) is 19.4. The van der Waals surface area contributed by atoms with E-state index in [-0.39, 0.29) is 11.7 Å². The minimum Gasteiger partial charge on any atom is -0.387 e. The largest absolute Gasteiger partial charge is 0.387 e. The fourth-order valence-corrected chi connectivity index (χ4v) is 5.47. The zero-order valence-corrected chi connectivity index (χ0v) is 19.4. The maximum Gasteiger partial charge on any atom is 0.180 e. The first-order valence-corrected chi connectivity index (χ1v) is 12.2. The van der Waals surface area contributed by atoms with Gasteiger partial charge in [-0.15, -0.1) is 0 Å². The number of nitrogens with two attached hydrogens (primary N) is 1. The number of amidine groups is 1. The maximum absolute atomic E-state index is 14.2. The van der Waals surface area contributed by atoms with Crippen LogP contribution in [0.4, 0.5) is 0 Å². The fraction of sp³-hybridized carbons (Fsp3) is 0.310. The Bertz CT molecular complexity index is 1200. The molecule has 3 aromatic carbocycles. The molecular formula is C29H30BN3O. The average Bonchev–Trinajstić information content (AvgIpc) is 3.14. The SMILES string of the molecule is [B]c1cccc(-c2cccc(C3(c4ccccc4)N=C(N)C(CCC4CCNCC4)C3=O)c2)c1. The first kappa shape index (κ1) is 22.6. The Balaban J connectivity index is 1.53. The number of Topliss-reactive ketones (excluding diaryl/α,β-unsaturated/α-hetero) is 1. The molecule has 3 N–H and O–H groups in total. The van der Waals surface area contributed by atoms with Crippen LogP contribution in [0.5, 0.6) is 0 Å². The molecule has 3 aromatic rings. The summed E-state index contributed by atoms with van der Waals surface area (Å²) in [6.45, 7) is 2.11. The molecule has 5 rings (SSSR count). The average molecular weight is 447 g/mol. The maximum atomic E-state index is 14.2. The molecule has 2 aliphatic heterocycles. The third-order valence-corrected chi connectivity index (χ3v) is 7.34. The van der Waals surface area contributed by atoms with E-state index in [1.165, 1.54) is 0 Å². The van der Waals surface area contributed by atoms with Crippen molar-refractivity contribution in [3.05, 3.63) is 90.0 Å². The zero-order chi connectivity index (χ0) is 23.5. The lowest BCUT2D eigenvalue weighted by molar-refractivity contribution is -0.124. The molecule has 0 amide bonds. The van der Waals surface area contributed by atoms with Gasteiger partial charge in [0.25, 0.3) is 0 Å². The second-order valence-electron chi connectivity index (χ2n) is 9.51. The van der Waals surface area contributed by atoms with Gasteiger partial charge < -0.3 is 11.1 Å². The lowest BCUT2D eigenvalue weighted by atomic mass is 9.75. The third kappa shape index (κ3) is 4.21. The van der Waals surface area contributed by atoms with E-state index in [0.29, 0.717) is 17.2 Å². The van der Waals surface area contributed by atoms with Gasteiger partial charge in [0, 0.05) is 0 Å². The Labute approximate surface area is 203 Å². The second-order valence-corrected chi connectivity index (χ2v) is 9.51. The fourth-order valence-electron chi connectivity index (χ4n) is 5.47. The molecule has 2 radical (unpaired) electrons. The predicted molar refractivity (Wildman–Crippen MR) is 139 cm³/mol. The van der Waals surface area contributed by atoms with Crippen molar-refractivity contribution in [2.75, 3.05) is 13.1 Å². The number of ketones is 1. The summed E-state index contributed by atoms with van der Waals surface area (Å²) in [5.74, 6) is 0.818. The molecule has 0 aliphatic carbocycles. The molecule has 2 aliphatic rings. The van der Waals surface area contributed by atoms with Gasteiger partial charge in [0.15, 0.2) is 11.3 Å². The Morgan fingerprint density at radius 1 is 0.882 bits per heavy atom. The van der Waals surface area contributed by atoms with Crippen LogP contribution in [0.25, 0.3) is 11.1 Å². The molecule has 2 atom stereocenters. The summed E-state index contributed by atoms with van der Waals surface area (Å²) in [4.78, 5) is 19.1. The molecule has 1 saturated heterocycles. The molecule has 5 heteroatoms. The highest BCUT2D eigenvalue weighted by Crippen LogP contribution is 2.43. The summed E-state index contributed by atoms with van der Waals surface area (Å²) < 4.78 is 0. The van der Waals surface area contributed by atoms with Gasteiger partial charge >= 0.3 is 0 Å². The monoisotopic (exact) mass is 447 g/mol. The summed E-state index contributed by atoms with van der Waals surface area (Å²) in [5, 5.41) is 3.42. The van der Waals surface area contributed by atoms with Crippen molar-refractivity contribution < 1.29 is 4.79 Å². The second kappa shape index (κ2) is 9.59. The van der Waals surface area contributed by atoms with E-state index >= 15 is 0 Å². The van der Waals surface area contributed by atoms with Crippen molar-refractivity contribution in [1.29, 1.82) is 0 Å². The van der Waals surface area contributed by atoms with Gasteiger partial charge in [-0.3, -0.25) is 4.79 Å². The van der Waals surface area contributed by atoms with Crippen molar-refractivity contribution >= 4 is 24.9 Å². The number of aliphatic imine (C=N–C) groups is 1. The molecule has 2 unspecified atom stereocenters. The number of hydrogen-bond acceptors (Lipinski definition) is 4. The topological polar surface area (TPSA) is 67.5 Å². The standard InChI is InChI=1S/C29H30BN3O/c30-25-11-5-7-22(19-25)21-6-4-10-24(18-21)29(23-8-2-1-3-9-23)27(34)26(28(31)33-29)13-12-20-14-16-32-17-15-20/h1-11,18-20,26,32H,12-17H2,(H2,31,33). The van der Waals surface area contributed by atoms with Gasteiger partial charge in [-0.05, 0) is 73.0 Å². The van der Waals surface area contributed by atoms with E-state index in [4.69, 9.17) is 18.6 Å². The van der Waals surface area contributed by atoms with Gasteiger partial charge in [0.2, 0.25) is 0 Å². The van der Waals surface area contributed by atoms with Gasteiger partial charge in [0.1, 0.15) is 13.7 Å². The summed E-state index contributed by atoms with van der Waals surface area (Å²) in [7, 11) is 6.03. The minimum absolute atomic E-state index is 0.0786. The first-order chi connectivity index (χ1) is 16.6. The van der Waals surface area contributed by atoms with E-state index in [1.54, 1.807) is 0 Å². The van der Waals surface area contributed by atoms with E-state index in [9.17, 15) is 4.79 Å². The molecule has 2 heterocycles. The minimum atomic E-state index is -1.12. The third-order valence-electron chi connectivity index (χ3n) is 7.34. The molecule has 0 spiro atoms. The highest BCUT2D eigenvalue weighted by Gasteiger charge is 2.51. The van der Waals surface area contributed by atoms with Crippen LogP contribution >= 0.6 is 0 Å². The van der Waals surface area contributed by atoms with Crippen LogP contribution in [0.2, 0.25) is 0 Å². The molecule has 34 heavy (non-hydrogen) atoms. The number of carbonyl (C=O) groups excluding carboxylic acids is 1. The van der Waals surface area contributed by atoms with Gasteiger partial charge in [-0.25, -0.2) is 4.99 Å². The highest BCUT2D eigenvalue weighted by molar-refractivity contribution is 6.32. The van der Waals surface area contributed by atoms with Crippen LogP contribution in [0.3, 0.4) is 0 Å². The van der Waals surface area contributed by atoms with Crippen molar-refractivity contribution in [1.82, 2.24) is 5.32 Å². The van der Waals surface area contributed by atoms with Crippen molar-refractivity contribution in [3.63, 3.8) is 0 Å². The number of nitrogens with zero attached hydrogens (tertiary/aromatic N) is 1. The van der Waals surface area contributed by atoms with Gasteiger partial charge in [-0.1, -0.05) is 78.3 Å². The molecule has 170 valence electrons. The Hall–Kier alpha value is -3.18. The van der Waals surface area contributed by atoms with Crippen molar-refractivity contribution in [2.45, 2.75) is 31.2 Å². The van der Waals surface area contributed by atoms with Crippen LogP contribution < -0.4 is 16.5 Å². The predicted octanol–water partition coefficient (Wildman–Crippen LogP) is 3.73. The van der Waals surface area contributed by atoms with Crippen LogP contribution in [0.1, 0.15) is 36.8 Å². The first-order valence-electron chi connectivity index (χ1n) is 12.2. The van der Waals surface area contributed by atoms with E-state index in [1.807, 2.05) is 72.8 Å². The number of benzene rings is 3. The highest BCUT2D eigenvalue weighted by atomic mass is 16.1. The van der Waals surface area contributed by atoms with Gasteiger partial charge in [0.05, 0.1) is 5.92 Å². The summed E-state index contributed by atoms with van der Waals surface area (Å²) in [5.41, 5.74) is 9.80. The molecule has 0 bridgehead atoms. The summed E-state index contributed by atoms with van der Waals surface area (Å²) in [6.07, 6.45) is 4.07. The molecule has 0 aromatic heterocycles. The normalized spacial score (nSPS) is 23.1. The number of nitrogens with one attached hydrogen (secondary N) is 1. The van der Waals surface area contributed by atoms with E-state index in [2.05, 4.69) is 11.4 Å². The van der Waals surface area contributed by atoms with Crippen LogP contribution in [0, 0.1) is 11.8 Å². The molecule has 1 fully saturated rings. The molecular weight excluding hydrogens is 417 g/mol. The van der Waals surface area contributed by atoms with Crippen molar-refractivity contribution in [3.8, 4) is 11.1 Å². The van der Waals surface area contributed by atoms with Crippen molar-refractivity contribution in [2.24, 2.45) is 22.6 Å². The van der Waals surface area contributed by atoms with E-state index in [0.717, 1.165) is 61.0 Å². The summed E-state index contributed by atoms with van der Waals surface area (Å²) >= 11 is 0. The van der Waals surface area contributed by atoms with Crippen LogP contribution in [-0.4, -0.2) is 32.6 Å². The Kier molecular flexibility index (Phi) is 6.38. The summed E-state index contributed by atoms with van der Waals surface area (Å²) in [6, 6.07) is 25.7. The number of carbonyl (C=O) groups is 1. The number of piperidine rings is 1. The van der Waals surface area contributed by atoms with Crippen LogP contribution in [-0.2, 0) is 10.3 Å². The Morgan fingerprint density at radius 2 is 1.56 bits per heavy atom. The molecule has 4 nitrogen and oxygen atoms in total. The molecule has 0 saturated carbocycles. The van der Waals surface area contributed by atoms with Crippen LogP contribution in [0.15, 0.2) is 83.9 Å². The van der Waals surface area contributed by atoms with E-state index < -0.39 is 5.54 Å². The smallest absolute Gasteiger partial charge is 0.180 e. The quantitative estimate of drug-likeness (QED) is 0.566.